The molecule has 1 heterocycles. The van der Waals surface area contributed by atoms with E-state index in [0.717, 1.165) is 12.1 Å². The minimum Gasteiger partial charge on any atom is -0.355 e. The van der Waals surface area contributed by atoms with E-state index < -0.39 is 17.3 Å². The number of rotatable bonds is 2. The van der Waals surface area contributed by atoms with Crippen LogP contribution < -0.4 is 16.0 Å². The van der Waals surface area contributed by atoms with E-state index in [9.17, 15) is 18.0 Å². The fourth-order valence-corrected chi connectivity index (χ4v) is 2.51. The molecular weight excluding hydrogens is 283 g/mol. The monoisotopic (exact) mass is 301 g/mol. The van der Waals surface area contributed by atoms with Gasteiger partial charge in [0.2, 0.25) is 5.91 Å². The van der Waals surface area contributed by atoms with E-state index in [1.54, 1.807) is 18.7 Å². The topological polar surface area (TPSA) is 58.4 Å². The minimum atomic E-state index is -4.41. The Balaban J connectivity index is 2.46. The molecule has 0 atom stereocenters. The summed E-state index contributed by atoms with van der Waals surface area (Å²) in [6.45, 7) is 4.43. The van der Waals surface area contributed by atoms with Crippen LogP contribution in [0, 0.1) is 0 Å². The molecule has 1 aromatic rings. The maximum atomic E-state index is 12.8. The van der Waals surface area contributed by atoms with Crippen molar-refractivity contribution in [2.75, 3.05) is 18.0 Å². The van der Waals surface area contributed by atoms with E-state index >= 15 is 0 Å². The zero-order valence-electron chi connectivity index (χ0n) is 11.9. The van der Waals surface area contributed by atoms with Crippen molar-refractivity contribution < 1.29 is 18.0 Å². The van der Waals surface area contributed by atoms with E-state index in [0.29, 0.717) is 24.3 Å². The van der Waals surface area contributed by atoms with Crippen LogP contribution in [0.15, 0.2) is 18.2 Å². The molecule has 1 fully saturated rings. The zero-order valence-corrected chi connectivity index (χ0v) is 11.9. The highest BCUT2D eigenvalue weighted by Gasteiger charge is 2.39. The molecule has 0 aliphatic carbocycles. The summed E-state index contributed by atoms with van der Waals surface area (Å²) in [5.74, 6) is -0.156. The summed E-state index contributed by atoms with van der Waals surface area (Å²) in [6, 6.07) is 3.47. The maximum absolute atomic E-state index is 12.8. The third kappa shape index (κ3) is 2.83. The van der Waals surface area contributed by atoms with Crippen molar-refractivity contribution in [3.8, 4) is 0 Å². The summed E-state index contributed by atoms with van der Waals surface area (Å²) >= 11 is 0. The fourth-order valence-electron chi connectivity index (χ4n) is 2.51. The van der Waals surface area contributed by atoms with Crippen LogP contribution in [0.1, 0.15) is 25.0 Å². The van der Waals surface area contributed by atoms with Crippen LogP contribution in [-0.4, -0.2) is 24.5 Å². The summed E-state index contributed by atoms with van der Waals surface area (Å²) in [6.07, 6.45) is -4.41. The number of hydrogen-bond donors (Lipinski definition) is 2. The van der Waals surface area contributed by atoms with Gasteiger partial charge in [-0.1, -0.05) is 0 Å². The van der Waals surface area contributed by atoms with Gasteiger partial charge in [0.15, 0.2) is 0 Å². The van der Waals surface area contributed by atoms with E-state index in [4.69, 9.17) is 5.73 Å². The summed E-state index contributed by atoms with van der Waals surface area (Å²) < 4.78 is 38.3. The normalized spacial score (nSPS) is 18.6. The number of piperazine rings is 1. The molecule has 7 heteroatoms. The summed E-state index contributed by atoms with van der Waals surface area (Å²) in [5, 5.41) is 2.75. The van der Waals surface area contributed by atoms with Gasteiger partial charge in [-0.05, 0) is 37.6 Å². The molecule has 3 N–H and O–H groups in total. The highest BCUT2D eigenvalue weighted by atomic mass is 19.4. The second-order valence-electron chi connectivity index (χ2n) is 5.51. The molecule has 2 rings (SSSR count). The van der Waals surface area contributed by atoms with Gasteiger partial charge in [-0.25, -0.2) is 0 Å². The summed E-state index contributed by atoms with van der Waals surface area (Å²) in [5.41, 5.74) is 4.99. The number of alkyl halides is 3. The average Bonchev–Trinajstić information content (AvgIpc) is 2.40. The number of nitrogens with one attached hydrogen (secondary N) is 1. The highest BCUT2D eigenvalue weighted by Crippen LogP contribution is 2.35. The second-order valence-corrected chi connectivity index (χ2v) is 5.51. The minimum absolute atomic E-state index is 0.0204. The first-order valence-corrected chi connectivity index (χ1v) is 6.64. The van der Waals surface area contributed by atoms with Gasteiger partial charge in [-0.3, -0.25) is 4.79 Å². The van der Waals surface area contributed by atoms with Gasteiger partial charge in [0, 0.05) is 25.3 Å². The van der Waals surface area contributed by atoms with Crippen molar-refractivity contribution in [2.45, 2.75) is 32.1 Å². The Morgan fingerprint density at radius 3 is 2.62 bits per heavy atom. The average molecular weight is 301 g/mol. The lowest BCUT2D eigenvalue weighted by Gasteiger charge is -2.43. The molecule has 0 spiro atoms. The molecule has 0 aromatic heterocycles. The molecule has 1 saturated heterocycles. The van der Waals surface area contributed by atoms with Crippen molar-refractivity contribution in [1.29, 1.82) is 0 Å². The van der Waals surface area contributed by atoms with Crippen LogP contribution in [0.4, 0.5) is 18.9 Å². The molecule has 0 radical (unpaired) electrons. The highest BCUT2D eigenvalue weighted by molar-refractivity contribution is 5.90. The first kappa shape index (κ1) is 15.6. The molecule has 1 aliphatic heterocycles. The predicted molar refractivity (Wildman–Crippen MR) is 73.8 cm³/mol. The smallest absolute Gasteiger partial charge is 0.355 e. The molecule has 4 nitrogen and oxygen atoms in total. The van der Waals surface area contributed by atoms with Crippen LogP contribution in [-0.2, 0) is 17.5 Å². The van der Waals surface area contributed by atoms with Gasteiger partial charge in [0.05, 0.1) is 5.56 Å². The standard InChI is InChI=1S/C14H18F3N3O/c1-13(2)12(21)19-5-6-20(13)11-4-3-10(14(15,16)17)7-9(11)8-18/h3-4,7H,5-6,8,18H2,1-2H3,(H,19,21). The predicted octanol–water partition coefficient (Wildman–Crippen LogP) is 1.88. The van der Waals surface area contributed by atoms with Crippen molar-refractivity contribution in [3.05, 3.63) is 29.3 Å². The van der Waals surface area contributed by atoms with Gasteiger partial charge in [0.25, 0.3) is 0 Å². The van der Waals surface area contributed by atoms with Crippen LogP contribution in [0.5, 0.6) is 0 Å². The lowest BCUT2D eigenvalue weighted by Crippen LogP contribution is -2.62. The van der Waals surface area contributed by atoms with Crippen LogP contribution >= 0.6 is 0 Å². The number of carbonyl (C=O) groups excluding carboxylic acids is 1. The lowest BCUT2D eigenvalue weighted by molar-refractivity contribution is -0.137. The Labute approximate surface area is 121 Å². The number of benzene rings is 1. The van der Waals surface area contributed by atoms with Gasteiger partial charge >= 0.3 is 6.18 Å². The van der Waals surface area contributed by atoms with E-state index in [1.807, 2.05) is 0 Å². The van der Waals surface area contributed by atoms with Crippen LogP contribution in [0.25, 0.3) is 0 Å². The first-order valence-electron chi connectivity index (χ1n) is 6.64. The van der Waals surface area contributed by atoms with Crippen molar-refractivity contribution in [2.24, 2.45) is 5.73 Å². The molecule has 1 aromatic carbocycles. The molecular formula is C14H18F3N3O. The third-order valence-corrected chi connectivity index (χ3v) is 3.77. The van der Waals surface area contributed by atoms with Gasteiger partial charge < -0.3 is 16.0 Å². The Hall–Kier alpha value is -1.76. The zero-order chi connectivity index (χ0) is 15.8. The number of amides is 1. The second kappa shape index (κ2) is 5.22. The maximum Gasteiger partial charge on any atom is 0.416 e. The molecule has 116 valence electrons. The molecule has 0 saturated carbocycles. The Bertz CT molecular complexity index is 555. The van der Waals surface area contributed by atoms with Crippen molar-refractivity contribution >= 4 is 11.6 Å². The Morgan fingerprint density at radius 2 is 2.05 bits per heavy atom. The summed E-state index contributed by atoms with van der Waals surface area (Å²) in [4.78, 5) is 13.8. The number of anilines is 1. The van der Waals surface area contributed by atoms with Crippen LogP contribution in [0.2, 0.25) is 0 Å². The quantitative estimate of drug-likeness (QED) is 0.877. The third-order valence-electron chi connectivity index (χ3n) is 3.77. The van der Waals surface area contributed by atoms with E-state index in [1.165, 1.54) is 6.07 Å². The fraction of sp³-hybridized carbons (Fsp3) is 0.500. The van der Waals surface area contributed by atoms with E-state index in [-0.39, 0.29) is 12.5 Å². The molecule has 1 amide bonds. The largest absolute Gasteiger partial charge is 0.416 e. The van der Waals surface area contributed by atoms with Gasteiger partial charge in [0.1, 0.15) is 5.54 Å². The van der Waals surface area contributed by atoms with Crippen LogP contribution in [0.3, 0.4) is 0 Å². The number of nitrogens with zero attached hydrogens (tertiary/aromatic N) is 1. The lowest BCUT2D eigenvalue weighted by atomic mass is 9.96. The number of halogens is 3. The van der Waals surface area contributed by atoms with Gasteiger partial charge in [-0.2, -0.15) is 13.2 Å². The van der Waals surface area contributed by atoms with E-state index in [2.05, 4.69) is 5.32 Å². The SMILES string of the molecule is CC1(C)C(=O)NCCN1c1ccc(C(F)(F)F)cc1CN. The molecule has 1 aliphatic rings. The molecule has 0 unspecified atom stereocenters. The number of nitrogens with two attached hydrogens (primary N) is 1. The van der Waals surface area contributed by atoms with Crippen molar-refractivity contribution in [1.82, 2.24) is 5.32 Å². The molecule has 21 heavy (non-hydrogen) atoms. The summed E-state index contributed by atoms with van der Waals surface area (Å²) in [7, 11) is 0. The van der Waals surface area contributed by atoms with Crippen molar-refractivity contribution in [3.63, 3.8) is 0 Å². The Kier molecular flexibility index (Phi) is 3.88. The first-order chi connectivity index (χ1) is 9.67. The Morgan fingerprint density at radius 1 is 1.38 bits per heavy atom. The number of carbonyl (C=O) groups is 1. The molecule has 0 bridgehead atoms. The van der Waals surface area contributed by atoms with Gasteiger partial charge in [-0.15, -0.1) is 0 Å². The number of hydrogen-bond acceptors (Lipinski definition) is 3.